The summed E-state index contributed by atoms with van der Waals surface area (Å²) in [6.45, 7) is 4.06. The van der Waals surface area contributed by atoms with Gasteiger partial charge in [-0.2, -0.15) is 9.61 Å². The van der Waals surface area contributed by atoms with E-state index in [0.29, 0.717) is 24.8 Å². The molecule has 2 saturated heterocycles. The van der Waals surface area contributed by atoms with Crippen LogP contribution in [0.1, 0.15) is 48.7 Å². The molecule has 0 spiro atoms. The number of piperidine rings is 1. The van der Waals surface area contributed by atoms with Crippen molar-refractivity contribution < 1.29 is 8.42 Å². The van der Waals surface area contributed by atoms with Crippen molar-refractivity contribution in [3.8, 4) is 0 Å². The third kappa shape index (κ3) is 3.25. The molecule has 0 aromatic carbocycles. The van der Waals surface area contributed by atoms with Gasteiger partial charge in [-0.1, -0.05) is 0 Å². The fraction of sp³-hybridized carbons (Fsp3) is 0.722. The Morgan fingerprint density at radius 1 is 1.04 bits per heavy atom. The molecule has 2 aromatic heterocycles. The van der Waals surface area contributed by atoms with Crippen LogP contribution in [0.15, 0.2) is 6.07 Å². The van der Waals surface area contributed by atoms with E-state index in [1.54, 1.807) is 4.31 Å². The van der Waals surface area contributed by atoms with E-state index in [1.165, 1.54) is 17.7 Å². The highest BCUT2D eigenvalue weighted by molar-refractivity contribution is 7.89. The SMILES string of the molecule is O=S1(=O)CCCN1CCN1CCC(c2nnc3cc4c(nn23)CCC4)CC1. The molecule has 2 aromatic rings. The van der Waals surface area contributed by atoms with Crippen LogP contribution < -0.4 is 0 Å². The number of likely N-dealkylation sites (tertiary alicyclic amines) is 1. The van der Waals surface area contributed by atoms with Gasteiger partial charge in [-0.15, -0.1) is 10.2 Å². The van der Waals surface area contributed by atoms with Crippen molar-refractivity contribution in [3.05, 3.63) is 23.1 Å². The third-order valence-electron chi connectivity index (χ3n) is 6.26. The summed E-state index contributed by atoms with van der Waals surface area (Å²) in [5.41, 5.74) is 3.40. The van der Waals surface area contributed by atoms with E-state index in [9.17, 15) is 8.42 Å². The van der Waals surface area contributed by atoms with Crippen molar-refractivity contribution in [3.63, 3.8) is 0 Å². The molecule has 0 N–H and O–H groups in total. The number of hydrogen-bond acceptors (Lipinski definition) is 6. The number of fused-ring (bicyclic) bond motifs is 2. The largest absolute Gasteiger partial charge is 0.302 e. The standard InChI is InChI=1S/C18H26N6O2S/c25-27(26)12-2-7-23(27)11-10-22-8-5-14(6-9-22)18-20-19-17-13-15-3-1-4-16(15)21-24(17)18/h13-14H,1-12H2. The molecule has 2 aliphatic heterocycles. The van der Waals surface area contributed by atoms with Gasteiger partial charge in [0.05, 0.1) is 11.4 Å². The topological polar surface area (TPSA) is 83.7 Å². The summed E-state index contributed by atoms with van der Waals surface area (Å²) >= 11 is 0. The average Bonchev–Trinajstić information content (AvgIpc) is 3.36. The Kier molecular flexibility index (Phi) is 4.40. The zero-order chi connectivity index (χ0) is 18.4. The Bertz CT molecular complexity index is 948. The van der Waals surface area contributed by atoms with Crippen molar-refractivity contribution in [2.75, 3.05) is 38.5 Å². The number of aromatic nitrogens is 4. The Labute approximate surface area is 159 Å². The lowest BCUT2D eigenvalue weighted by Crippen LogP contribution is -2.40. The molecule has 2 fully saturated rings. The summed E-state index contributed by atoms with van der Waals surface area (Å²) in [5.74, 6) is 1.67. The summed E-state index contributed by atoms with van der Waals surface area (Å²) in [6, 6.07) is 2.15. The predicted molar refractivity (Wildman–Crippen MR) is 101 cm³/mol. The molecule has 4 heterocycles. The minimum absolute atomic E-state index is 0.311. The number of rotatable bonds is 4. The zero-order valence-corrected chi connectivity index (χ0v) is 16.4. The van der Waals surface area contributed by atoms with Crippen molar-refractivity contribution in [1.82, 2.24) is 29.0 Å². The number of nitrogens with zero attached hydrogens (tertiary/aromatic N) is 6. The van der Waals surface area contributed by atoms with Gasteiger partial charge in [0.15, 0.2) is 11.5 Å². The van der Waals surface area contributed by atoms with E-state index in [1.807, 2.05) is 4.52 Å². The van der Waals surface area contributed by atoms with Gasteiger partial charge in [-0.25, -0.2) is 12.7 Å². The normalized spacial score (nSPS) is 24.0. The highest BCUT2D eigenvalue weighted by Crippen LogP contribution is 2.28. The first kappa shape index (κ1) is 17.5. The molecule has 0 amide bonds. The quantitative estimate of drug-likeness (QED) is 0.769. The maximum absolute atomic E-state index is 11.9. The molecule has 9 heteroatoms. The summed E-state index contributed by atoms with van der Waals surface area (Å²) in [5, 5.41) is 13.6. The van der Waals surface area contributed by atoms with Crippen molar-refractivity contribution >= 4 is 15.7 Å². The van der Waals surface area contributed by atoms with Crippen molar-refractivity contribution in [1.29, 1.82) is 0 Å². The van der Waals surface area contributed by atoms with E-state index < -0.39 is 10.0 Å². The van der Waals surface area contributed by atoms with E-state index in [-0.39, 0.29) is 0 Å². The highest BCUT2D eigenvalue weighted by atomic mass is 32.2. The predicted octanol–water partition coefficient (Wildman–Crippen LogP) is 0.828. The van der Waals surface area contributed by atoms with Crippen LogP contribution in [-0.4, -0.2) is 75.9 Å². The van der Waals surface area contributed by atoms with Crippen molar-refractivity contribution in [2.45, 2.75) is 44.4 Å². The Morgan fingerprint density at radius 3 is 2.67 bits per heavy atom. The minimum atomic E-state index is -2.99. The van der Waals surface area contributed by atoms with Gasteiger partial charge >= 0.3 is 0 Å². The highest BCUT2D eigenvalue weighted by Gasteiger charge is 2.30. The molecule has 0 radical (unpaired) electrons. The lowest BCUT2D eigenvalue weighted by Gasteiger charge is -2.31. The third-order valence-corrected chi connectivity index (χ3v) is 8.22. The molecular weight excluding hydrogens is 364 g/mol. The molecule has 0 unspecified atom stereocenters. The van der Waals surface area contributed by atoms with Crippen LogP contribution in [0.3, 0.4) is 0 Å². The molecule has 0 bridgehead atoms. The van der Waals surface area contributed by atoms with Crippen LogP contribution in [-0.2, 0) is 22.9 Å². The lowest BCUT2D eigenvalue weighted by atomic mass is 9.96. The Morgan fingerprint density at radius 2 is 1.89 bits per heavy atom. The van der Waals surface area contributed by atoms with E-state index in [0.717, 1.165) is 63.2 Å². The lowest BCUT2D eigenvalue weighted by molar-refractivity contribution is 0.197. The summed E-state index contributed by atoms with van der Waals surface area (Å²) in [6.07, 6.45) is 6.15. The smallest absolute Gasteiger partial charge is 0.214 e. The summed E-state index contributed by atoms with van der Waals surface area (Å²) < 4.78 is 27.5. The molecule has 1 aliphatic carbocycles. The van der Waals surface area contributed by atoms with E-state index in [4.69, 9.17) is 5.10 Å². The molecule has 0 saturated carbocycles. The summed E-state index contributed by atoms with van der Waals surface area (Å²) in [4.78, 5) is 2.37. The van der Waals surface area contributed by atoms with Gasteiger partial charge in [-0.3, -0.25) is 0 Å². The fourth-order valence-electron chi connectivity index (χ4n) is 4.66. The molecule has 3 aliphatic rings. The second-order valence-corrected chi connectivity index (χ2v) is 10.1. The van der Waals surface area contributed by atoms with Gasteiger partial charge in [-0.05, 0) is 63.2 Å². The average molecular weight is 391 g/mol. The number of hydrogen-bond donors (Lipinski definition) is 0. The first-order chi connectivity index (χ1) is 13.1. The van der Waals surface area contributed by atoms with Gasteiger partial charge in [0.1, 0.15) is 0 Å². The maximum atomic E-state index is 11.9. The van der Waals surface area contributed by atoms with Crippen LogP contribution >= 0.6 is 0 Å². The second kappa shape index (κ2) is 6.79. The monoisotopic (exact) mass is 390 g/mol. The summed E-state index contributed by atoms with van der Waals surface area (Å²) in [7, 11) is -2.99. The molecule has 146 valence electrons. The molecule has 8 nitrogen and oxygen atoms in total. The van der Waals surface area contributed by atoms with Gasteiger partial charge in [0, 0.05) is 25.6 Å². The van der Waals surface area contributed by atoms with Crippen molar-refractivity contribution in [2.24, 2.45) is 0 Å². The van der Waals surface area contributed by atoms with Crippen LogP contribution in [0.25, 0.3) is 5.65 Å². The Balaban J connectivity index is 1.23. The van der Waals surface area contributed by atoms with Crippen LogP contribution in [0, 0.1) is 0 Å². The van der Waals surface area contributed by atoms with E-state index in [2.05, 4.69) is 21.2 Å². The first-order valence-corrected chi connectivity index (χ1v) is 11.7. The molecule has 27 heavy (non-hydrogen) atoms. The zero-order valence-electron chi connectivity index (χ0n) is 15.5. The molecule has 0 atom stereocenters. The maximum Gasteiger partial charge on any atom is 0.214 e. The first-order valence-electron chi connectivity index (χ1n) is 10.0. The number of sulfonamides is 1. The Hall–Kier alpha value is -1.58. The molecular formula is C18H26N6O2S. The second-order valence-electron chi connectivity index (χ2n) is 7.98. The van der Waals surface area contributed by atoms with Gasteiger partial charge in [0.2, 0.25) is 10.0 Å². The van der Waals surface area contributed by atoms with Crippen LogP contribution in [0.5, 0.6) is 0 Å². The minimum Gasteiger partial charge on any atom is -0.302 e. The van der Waals surface area contributed by atoms with Gasteiger partial charge in [0.25, 0.3) is 0 Å². The molecule has 5 rings (SSSR count). The van der Waals surface area contributed by atoms with Crippen LogP contribution in [0.2, 0.25) is 0 Å². The van der Waals surface area contributed by atoms with E-state index >= 15 is 0 Å². The fourth-order valence-corrected chi connectivity index (χ4v) is 6.18. The van der Waals surface area contributed by atoms with Gasteiger partial charge < -0.3 is 4.90 Å². The number of aryl methyl sites for hydroxylation is 2. The van der Waals surface area contributed by atoms with Crippen LogP contribution in [0.4, 0.5) is 0 Å².